The molecular weight excluding hydrogens is 317 g/mol. The Labute approximate surface area is 136 Å². The molecule has 1 N–H and O–H groups in total. The average molecular weight is 329 g/mol. The van der Waals surface area contributed by atoms with Gasteiger partial charge in [-0.3, -0.25) is 10.1 Å². The van der Waals surface area contributed by atoms with Crippen LogP contribution in [0.1, 0.15) is 23.6 Å². The van der Waals surface area contributed by atoms with E-state index >= 15 is 0 Å². The number of thioether (sulfide) groups is 1. The minimum atomic E-state index is -0.521. The van der Waals surface area contributed by atoms with Crippen LogP contribution in [0.15, 0.2) is 41.3 Å². The molecule has 2 aromatic rings. The number of anilines is 1. The van der Waals surface area contributed by atoms with E-state index in [9.17, 15) is 14.5 Å². The Bertz CT molecular complexity index is 819. The topological polar surface area (TPSA) is 79.0 Å². The van der Waals surface area contributed by atoms with Gasteiger partial charge in [-0.15, -0.1) is 11.8 Å². The van der Waals surface area contributed by atoms with Gasteiger partial charge in [0.2, 0.25) is 0 Å². The van der Waals surface area contributed by atoms with Gasteiger partial charge in [0.1, 0.15) is 11.5 Å². The predicted molar refractivity (Wildman–Crippen MR) is 85.9 cm³/mol. The molecule has 5 nitrogen and oxygen atoms in total. The second-order valence-corrected chi connectivity index (χ2v) is 6.25. The summed E-state index contributed by atoms with van der Waals surface area (Å²) in [5.74, 6) is 0.521. The Hall–Kier alpha value is -2.59. The molecule has 7 heteroatoms. The van der Waals surface area contributed by atoms with Crippen molar-refractivity contribution in [1.29, 1.82) is 5.26 Å². The Morgan fingerprint density at radius 1 is 1.35 bits per heavy atom. The smallest absolute Gasteiger partial charge is 0.293 e. The summed E-state index contributed by atoms with van der Waals surface area (Å²) in [5.41, 5.74) is 1.22. The summed E-state index contributed by atoms with van der Waals surface area (Å²) in [6.07, 6.45) is 0.734. The highest BCUT2D eigenvalue weighted by Crippen LogP contribution is 2.39. The number of hydrogen-bond acceptors (Lipinski definition) is 5. The Kier molecular flexibility index (Phi) is 4.17. The zero-order valence-corrected chi connectivity index (χ0v) is 12.8. The average Bonchev–Trinajstić information content (AvgIpc) is 2.55. The molecule has 1 aliphatic rings. The molecule has 0 saturated carbocycles. The fourth-order valence-corrected chi connectivity index (χ4v) is 3.68. The third kappa shape index (κ3) is 3.12. The van der Waals surface area contributed by atoms with Crippen molar-refractivity contribution >= 4 is 23.1 Å². The van der Waals surface area contributed by atoms with Gasteiger partial charge in [0.05, 0.1) is 22.6 Å². The highest BCUT2D eigenvalue weighted by Gasteiger charge is 2.24. The zero-order valence-electron chi connectivity index (χ0n) is 12.0. The first kappa shape index (κ1) is 15.3. The number of rotatable bonds is 3. The van der Waals surface area contributed by atoms with Gasteiger partial charge in [-0.05, 0) is 42.3 Å². The normalized spacial score (nSPS) is 16.3. The van der Waals surface area contributed by atoms with Gasteiger partial charge in [0.15, 0.2) is 0 Å². The number of nitro benzene ring substituents is 1. The van der Waals surface area contributed by atoms with Crippen LogP contribution in [0.2, 0.25) is 0 Å². The molecule has 0 saturated heterocycles. The highest BCUT2D eigenvalue weighted by atomic mass is 32.2. The number of nitrogens with one attached hydrogen (secondary N) is 1. The van der Waals surface area contributed by atoms with Crippen molar-refractivity contribution in [2.24, 2.45) is 0 Å². The Morgan fingerprint density at radius 2 is 2.17 bits per heavy atom. The lowest BCUT2D eigenvalue weighted by molar-refractivity contribution is -0.384. The van der Waals surface area contributed by atoms with Crippen molar-refractivity contribution in [3.63, 3.8) is 0 Å². The van der Waals surface area contributed by atoms with Crippen molar-refractivity contribution in [1.82, 2.24) is 0 Å². The summed E-state index contributed by atoms with van der Waals surface area (Å²) in [6.45, 7) is 0. The monoisotopic (exact) mass is 329 g/mol. The molecule has 1 atom stereocenters. The summed E-state index contributed by atoms with van der Waals surface area (Å²) in [7, 11) is 0. The van der Waals surface area contributed by atoms with Crippen molar-refractivity contribution in [3.05, 3.63) is 63.5 Å². The van der Waals surface area contributed by atoms with Crippen LogP contribution in [0.25, 0.3) is 0 Å². The number of fused-ring (bicyclic) bond motifs is 1. The zero-order chi connectivity index (χ0) is 16.4. The molecule has 0 bridgehead atoms. The van der Waals surface area contributed by atoms with Gasteiger partial charge in [0, 0.05) is 16.7 Å². The van der Waals surface area contributed by atoms with Gasteiger partial charge in [-0.1, -0.05) is 0 Å². The lowest BCUT2D eigenvalue weighted by Gasteiger charge is -2.26. The number of nitro groups is 1. The van der Waals surface area contributed by atoms with Crippen LogP contribution in [-0.2, 0) is 0 Å². The van der Waals surface area contributed by atoms with Gasteiger partial charge in [0.25, 0.3) is 5.69 Å². The van der Waals surface area contributed by atoms with E-state index in [4.69, 9.17) is 5.26 Å². The van der Waals surface area contributed by atoms with E-state index in [1.807, 2.05) is 6.07 Å². The molecule has 1 aliphatic heterocycles. The summed E-state index contributed by atoms with van der Waals surface area (Å²) in [4.78, 5) is 11.7. The molecule has 0 aromatic heterocycles. The standard InChI is InChI=1S/C16H12FN3O2S/c17-11-2-4-16-12(8-11)13(5-6-23-16)19-14-3-1-10(9-18)7-15(14)20(21)22/h1-4,7-8,13,19H,5-6H2. The molecule has 0 aliphatic carbocycles. The fraction of sp³-hybridized carbons (Fsp3) is 0.188. The minimum absolute atomic E-state index is 0.153. The number of benzene rings is 2. The molecule has 0 fully saturated rings. The maximum absolute atomic E-state index is 13.5. The first-order valence-electron chi connectivity index (χ1n) is 6.96. The van der Waals surface area contributed by atoms with Gasteiger partial charge in [-0.2, -0.15) is 5.26 Å². The van der Waals surface area contributed by atoms with Crippen molar-refractivity contribution in [2.45, 2.75) is 17.4 Å². The van der Waals surface area contributed by atoms with Crippen molar-refractivity contribution in [3.8, 4) is 6.07 Å². The lowest BCUT2D eigenvalue weighted by Crippen LogP contribution is -2.17. The molecular formula is C16H12FN3O2S. The summed E-state index contributed by atoms with van der Waals surface area (Å²) < 4.78 is 13.5. The third-order valence-corrected chi connectivity index (χ3v) is 4.79. The Balaban J connectivity index is 1.97. The maximum Gasteiger partial charge on any atom is 0.293 e. The van der Waals surface area contributed by atoms with Crippen LogP contribution < -0.4 is 5.32 Å². The fourth-order valence-electron chi connectivity index (χ4n) is 2.58. The molecule has 1 unspecified atom stereocenters. The van der Waals surface area contributed by atoms with Crippen molar-refractivity contribution < 1.29 is 9.31 Å². The predicted octanol–water partition coefficient (Wildman–Crippen LogP) is 4.25. The van der Waals surface area contributed by atoms with E-state index in [-0.39, 0.29) is 23.1 Å². The largest absolute Gasteiger partial charge is 0.373 e. The van der Waals surface area contributed by atoms with E-state index in [0.29, 0.717) is 5.69 Å². The maximum atomic E-state index is 13.5. The number of hydrogen-bond donors (Lipinski definition) is 1. The van der Waals surface area contributed by atoms with E-state index < -0.39 is 4.92 Å². The third-order valence-electron chi connectivity index (χ3n) is 3.66. The second kappa shape index (κ2) is 6.26. The van der Waals surface area contributed by atoms with Crippen LogP contribution in [0.3, 0.4) is 0 Å². The second-order valence-electron chi connectivity index (χ2n) is 5.12. The number of halogens is 1. The summed E-state index contributed by atoms with van der Waals surface area (Å²) in [6, 6.07) is 10.6. The molecule has 1 heterocycles. The first-order chi connectivity index (χ1) is 11.1. The van der Waals surface area contributed by atoms with Crippen LogP contribution in [0.5, 0.6) is 0 Å². The molecule has 0 radical (unpaired) electrons. The van der Waals surface area contributed by atoms with Crippen molar-refractivity contribution in [2.75, 3.05) is 11.1 Å². The number of nitriles is 1. The number of nitrogens with zero attached hydrogens (tertiary/aromatic N) is 2. The molecule has 23 heavy (non-hydrogen) atoms. The first-order valence-corrected chi connectivity index (χ1v) is 7.94. The quantitative estimate of drug-likeness (QED) is 0.672. The molecule has 2 aromatic carbocycles. The molecule has 0 spiro atoms. The minimum Gasteiger partial charge on any atom is -0.373 e. The lowest BCUT2D eigenvalue weighted by atomic mass is 10.0. The van der Waals surface area contributed by atoms with E-state index in [2.05, 4.69) is 5.32 Å². The van der Waals surface area contributed by atoms with Crippen LogP contribution in [0, 0.1) is 27.3 Å². The molecule has 0 amide bonds. The SMILES string of the molecule is N#Cc1ccc(NC2CCSc3ccc(F)cc32)c([N+](=O)[O-])c1. The van der Waals surface area contributed by atoms with E-state index in [1.165, 1.54) is 30.3 Å². The molecule has 116 valence electrons. The summed E-state index contributed by atoms with van der Waals surface area (Å²) in [5, 5.41) is 23.2. The highest BCUT2D eigenvalue weighted by molar-refractivity contribution is 7.99. The Morgan fingerprint density at radius 3 is 2.91 bits per heavy atom. The van der Waals surface area contributed by atoms with Crippen LogP contribution in [0.4, 0.5) is 15.8 Å². The van der Waals surface area contributed by atoms with Gasteiger partial charge in [-0.25, -0.2) is 4.39 Å². The van der Waals surface area contributed by atoms with Gasteiger partial charge >= 0.3 is 0 Å². The summed E-state index contributed by atoms with van der Waals surface area (Å²) >= 11 is 1.64. The van der Waals surface area contributed by atoms with E-state index in [0.717, 1.165) is 22.6 Å². The van der Waals surface area contributed by atoms with E-state index in [1.54, 1.807) is 17.8 Å². The van der Waals surface area contributed by atoms with Crippen LogP contribution in [-0.4, -0.2) is 10.7 Å². The molecule has 3 rings (SSSR count). The van der Waals surface area contributed by atoms with Gasteiger partial charge < -0.3 is 5.32 Å². The van der Waals surface area contributed by atoms with Crippen LogP contribution >= 0.6 is 11.8 Å².